The van der Waals surface area contributed by atoms with E-state index in [0.717, 1.165) is 25.8 Å². The maximum atomic E-state index is 12.3. The first-order valence-electron chi connectivity index (χ1n) is 7.52. The number of ether oxygens (including phenoxy) is 1. The highest BCUT2D eigenvalue weighted by molar-refractivity contribution is 5.98. The maximum Gasteiger partial charge on any atom is 0.335 e. The lowest BCUT2D eigenvalue weighted by molar-refractivity contribution is -0.139. The lowest BCUT2D eigenvalue weighted by Gasteiger charge is -2.36. The molecule has 1 saturated heterocycles. The van der Waals surface area contributed by atoms with Gasteiger partial charge in [-0.15, -0.1) is 0 Å². The Morgan fingerprint density at radius 3 is 2.95 bits per heavy atom. The average Bonchev–Trinajstić information content (AvgIpc) is 2.79. The zero-order valence-electron chi connectivity index (χ0n) is 11.8. The van der Waals surface area contributed by atoms with Crippen LogP contribution in [0.5, 0.6) is 0 Å². The van der Waals surface area contributed by atoms with Gasteiger partial charge in [-0.1, -0.05) is 6.42 Å². The number of piperidine rings is 1. The summed E-state index contributed by atoms with van der Waals surface area (Å²) in [5.41, 5.74) is 1.20. The second kappa shape index (κ2) is 5.30. The Balaban J connectivity index is 2.04. The lowest BCUT2D eigenvalue weighted by Crippen LogP contribution is -2.48. The van der Waals surface area contributed by atoms with Crippen molar-refractivity contribution < 1.29 is 19.4 Å². The molecule has 2 aliphatic heterocycles. The van der Waals surface area contributed by atoms with Gasteiger partial charge in [-0.25, -0.2) is 4.79 Å². The highest BCUT2D eigenvalue weighted by atomic mass is 16.5. The third-order valence-electron chi connectivity index (χ3n) is 4.64. The fourth-order valence-corrected chi connectivity index (χ4v) is 3.85. The number of hydrogen-bond donors (Lipinski definition) is 1. The van der Waals surface area contributed by atoms with Crippen LogP contribution in [0.25, 0.3) is 0 Å². The number of nitrogens with zero attached hydrogens (tertiary/aromatic N) is 1. The second-order valence-corrected chi connectivity index (χ2v) is 5.76. The highest BCUT2D eigenvalue weighted by Crippen LogP contribution is 2.42. The molecular formula is C15H21NO4. The van der Waals surface area contributed by atoms with Crippen molar-refractivity contribution in [2.75, 3.05) is 13.2 Å². The Kier molecular flexibility index (Phi) is 3.65. The molecule has 1 N–H and O–H groups in total. The van der Waals surface area contributed by atoms with Crippen LogP contribution < -0.4 is 0 Å². The largest absolute Gasteiger partial charge is 0.463 e. The van der Waals surface area contributed by atoms with E-state index in [1.807, 2.05) is 0 Å². The molecule has 0 spiro atoms. The van der Waals surface area contributed by atoms with E-state index in [1.54, 1.807) is 6.92 Å². The van der Waals surface area contributed by atoms with E-state index in [-0.39, 0.29) is 23.8 Å². The number of aliphatic hydroxyl groups excluding tert-OH is 1. The third-order valence-corrected chi connectivity index (χ3v) is 4.64. The van der Waals surface area contributed by atoms with E-state index in [2.05, 4.69) is 4.90 Å². The first kappa shape index (κ1) is 13.8. The first-order valence-corrected chi connectivity index (χ1v) is 7.52. The molecule has 5 heteroatoms. The quantitative estimate of drug-likeness (QED) is 0.758. The van der Waals surface area contributed by atoms with Crippen LogP contribution in [-0.2, 0) is 14.3 Å². The van der Waals surface area contributed by atoms with Crippen molar-refractivity contribution in [2.45, 2.75) is 57.2 Å². The predicted octanol–water partition coefficient (Wildman–Crippen LogP) is 0.807. The van der Waals surface area contributed by atoms with Gasteiger partial charge in [0.05, 0.1) is 24.3 Å². The summed E-state index contributed by atoms with van der Waals surface area (Å²) in [6.07, 6.45) is 3.10. The molecule has 0 radical (unpaired) electrons. The number of carbonyl (C=O) groups excluding carboxylic acids is 2. The molecule has 0 bridgehead atoms. The Morgan fingerprint density at radius 1 is 1.40 bits per heavy atom. The summed E-state index contributed by atoms with van der Waals surface area (Å²) in [4.78, 5) is 26.6. The van der Waals surface area contributed by atoms with Gasteiger partial charge in [0.15, 0.2) is 5.78 Å². The first-order chi connectivity index (χ1) is 9.65. The average molecular weight is 279 g/mol. The van der Waals surface area contributed by atoms with Gasteiger partial charge in [-0.05, 0) is 38.3 Å². The van der Waals surface area contributed by atoms with Crippen LogP contribution in [0.1, 0.15) is 39.0 Å². The van der Waals surface area contributed by atoms with E-state index in [1.165, 1.54) is 0 Å². The standard InChI is InChI=1S/C15H21NO4/c1-2-20-15(19)12-9-5-3-4-8-16(9)14-11(18)7-6-10(17)13(12)14/h9-10,14,17H,2-8H2,1H3. The summed E-state index contributed by atoms with van der Waals surface area (Å²) in [5, 5.41) is 10.3. The molecule has 3 atom stereocenters. The minimum Gasteiger partial charge on any atom is -0.463 e. The van der Waals surface area contributed by atoms with Crippen molar-refractivity contribution in [2.24, 2.45) is 0 Å². The molecule has 2 heterocycles. The van der Waals surface area contributed by atoms with Gasteiger partial charge in [0.2, 0.25) is 0 Å². The van der Waals surface area contributed by atoms with E-state index in [9.17, 15) is 14.7 Å². The summed E-state index contributed by atoms with van der Waals surface area (Å²) in [5.74, 6) is -0.216. The fraction of sp³-hybridized carbons (Fsp3) is 0.733. The van der Waals surface area contributed by atoms with E-state index in [4.69, 9.17) is 4.74 Å². The molecule has 1 aliphatic carbocycles. The molecule has 2 fully saturated rings. The summed E-state index contributed by atoms with van der Waals surface area (Å²) in [6.45, 7) is 2.91. The Bertz CT molecular complexity index is 470. The number of carbonyl (C=O) groups is 2. The molecule has 110 valence electrons. The number of fused-ring (bicyclic) bond motifs is 3. The predicted molar refractivity (Wildman–Crippen MR) is 72.0 cm³/mol. The molecular weight excluding hydrogens is 258 g/mol. The van der Waals surface area contributed by atoms with Gasteiger partial charge >= 0.3 is 5.97 Å². The van der Waals surface area contributed by atoms with Crippen molar-refractivity contribution in [3.05, 3.63) is 11.1 Å². The van der Waals surface area contributed by atoms with Crippen LogP contribution in [0.2, 0.25) is 0 Å². The SMILES string of the molecule is CCOC(=O)C1=C2C(O)CCC(=O)C2N2CCCCC12. The summed E-state index contributed by atoms with van der Waals surface area (Å²) >= 11 is 0. The summed E-state index contributed by atoms with van der Waals surface area (Å²) in [6, 6.07) is -0.428. The van der Waals surface area contributed by atoms with Gasteiger partial charge < -0.3 is 9.84 Å². The fourth-order valence-electron chi connectivity index (χ4n) is 3.85. The number of ketones is 1. The Labute approximate surface area is 118 Å². The second-order valence-electron chi connectivity index (χ2n) is 5.76. The highest BCUT2D eigenvalue weighted by Gasteiger charge is 2.50. The monoisotopic (exact) mass is 279 g/mol. The van der Waals surface area contributed by atoms with Gasteiger partial charge in [-0.3, -0.25) is 9.69 Å². The minimum absolute atomic E-state index is 0.0421. The maximum absolute atomic E-state index is 12.3. The number of Topliss-reactive ketones (excluding diaryl/α,β-unsaturated/α-hetero) is 1. The molecule has 20 heavy (non-hydrogen) atoms. The van der Waals surface area contributed by atoms with E-state index < -0.39 is 6.10 Å². The van der Waals surface area contributed by atoms with Crippen LogP contribution in [0, 0.1) is 0 Å². The zero-order valence-corrected chi connectivity index (χ0v) is 11.8. The normalized spacial score (nSPS) is 33.9. The van der Waals surface area contributed by atoms with Crippen molar-refractivity contribution in [3.8, 4) is 0 Å². The smallest absolute Gasteiger partial charge is 0.335 e. The van der Waals surface area contributed by atoms with Crippen molar-refractivity contribution in [1.82, 2.24) is 4.90 Å². The van der Waals surface area contributed by atoms with Gasteiger partial charge in [-0.2, -0.15) is 0 Å². The molecule has 5 nitrogen and oxygen atoms in total. The molecule has 0 amide bonds. The number of aliphatic hydroxyl groups is 1. The molecule has 3 unspecified atom stereocenters. The number of esters is 1. The number of hydrogen-bond acceptors (Lipinski definition) is 5. The van der Waals surface area contributed by atoms with Gasteiger partial charge in [0.25, 0.3) is 0 Å². The van der Waals surface area contributed by atoms with Crippen LogP contribution in [-0.4, -0.2) is 53.1 Å². The number of rotatable bonds is 2. The molecule has 0 aromatic rings. The van der Waals surface area contributed by atoms with Crippen LogP contribution in [0.3, 0.4) is 0 Å². The molecule has 3 aliphatic rings. The Hall–Kier alpha value is -1.20. The molecule has 1 saturated carbocycles. The molecule has 3 rings (SSSR count). The van der Waals surface area contributed by atoms with Gasteiger partial charge in [0.1, 0.15) is 0 Å². The zero-order chi connectivity index (χ0) is 14.3. The molecule has 0 aromatic carbocycles. The lowest BCUT2D eigenvalue weighted by atomic mass is 9.85. The molecule has 0 aromatic heterocycles. The minimum atomic E-state index is -0.678. The third kappa shape index (κ3) is 2.00. The summed E-state index contributed by atoms with van der Waals surface area (Å²) < 4.78 is 5.16. The van der Waals surface area contributed by atoms with E-state index >= 15 is 0 Å². The van der Waals surface area contributed by atoms with Crippen LogP contribution in [0.15, 0.2) is 11.1 Å². The van der Waals surface area contributed by atoms with Crippen molar-refractivity contribution in [3.63, 3.8) is 0 Å². The summed E-state index contributed by atoms with van der Waals surface area (Å²) in [7, 11) is 0. The Morgan fingerprint density at radius 2 is 2.20 bits per heavy atom. The van der Waals surface area contributed by atoms with E-state index in [0.29, 0.717) is 30.6 Å². The van der Waals surface area contributed by atoms with Crippen molar-refractivity contribution >= 4 is 11.8 Å². The topological polar surface area (TPSA) is 66.8 Å². The van der Waals surface area contributed by atoms with Crippen LogP contribution >= 0.6 is 0 Å². The van der Waals surface area contributed by atoms with Crippen LogP contribution in [0.4, 0.5) is 0 Å². The van der Waals surface area contributed by atoms with Gasteiger partial charge in [0, 0.05) is 12.5 Å². The van der Waals surface area contributed by atoms with Crippen molar-refractivity contribution in [1.29, 1.82) is 0 Å².